The number of anilines is 2. The van der Waals surface area contributed by atoms with Gasteiger partial charge in [0.2, 0.25) is 5.82 Å². The SMILES string of the molecule is CCc1nc(C(=O)Nc2ccc(F)c(N)c2)n[nH]1. The van der Waals surface area contributed by atoms with Gasteiger partial charge in [-0.15, -0.1) is 5.10 Å². The van der Waals surface area contributed by atoms with Gasteiger partial charge >= 0.3 is 0 Å². The lowest BCUT2D eigenvalue weighted by atomic mass is 10.2. The molecule has 18 heavy (non-hydrogen) atoms. The molecule has 0 saturated heterocycles. The van der Waals surface area contributed by atoms with Gasteiger partial charge in [0.15, 0.2) is 0 Å². The highest BCUT2D eigenvalue weighted by Gasteiger charge is 2.12. The van der Waals surface area contributed by atoms with Gasteiger partial charge in [0.05, 0.1) is 5.69 Å². The van der Waals surface area contributed by atoms with Crippen LogP contribution in [0.15, 0.2) is 18.2 Å². The fraction of sp³-hybridized carbons (Fsp3) is 0.182. The molecule has 0 atom stereocenters. The van der Waals surface area contributed by atoms with Crippen LogP contribution in [0, 0.1) is 5.82 Å². The van der Waals surface area contributed by atoms with E-state index in [9.17, 15) is 9.18 Å². The molecule has 1 amide bonds. The number of carbonyl (C=O) groups is 1. The number of amides is 1. The summed E-state index contributed by atoms with van der Waals surface area (Å²) in [6, 6.07) is 3.93. The molecule has 0 aliphatic heterocycles. The number of nitrogens with two attached hydrogens (primary N) is 1. The Morgan fingerprint density at radius 2 is 2.33 bits per heavy atom. The van der Waals surface area contributed by atoms with Gasteiger partial charge in [0.25, 0.3) is 5.91 Å². The van der Waals surface area contributed by atoms with Crippen molar-refractivity contribution in [1.29, 1.82) is 0 Å². The van der Waals surface area contributed by atoms with Crippen LogP contribution >= 0.6 is 0 Å². The summed E-state index contributed by atoms with van der Waals surface area (Å²) >= 11 is 0. The lowest BCUT2D eigenvalue weighted by Crippen LogP contribution is -2.14. The fourth-order valence-electron chi connectivity index (χ4n) is 1.36. The van der Waals surface area contributed by atoms with Crippen molar-refractivity contribution in [3.63, 3.8) is 0 Å². The molecule has 1 aromatic heterocycles. The average Bonchev–Trinajstić information content (AvgIpc) is 2.82. The number of nitrogen functional groups attached to an aromatic ring is 1. The number of halogens is 1. The third-order valence-corrected chi connectivity index (χ3v) is 2.32. The Balaban J connectivity index is 2.13. The van der Waals surface area contributed by atoms with E-state index >= 15 is 0 Å². The zero-order chi connectivity index (χ0) is 13.1. The highest BCUT2D eigenvalue weighted by atomic mass is 19.1. The Morgan fingerprint density at radius 3 is 2.94 bits per heavy atom. The van der Waals surface area contributed by atoms with Gasteiger partial charge in [-0.2, -0.15) is 0 Å². The Labute approximate surface area is 102 Å². The lowest BCUT2D eigenvalue weighted by molar-refractivity contribution is 0.101. The van der Waals surface area contributed by atoms with Crippen LogP contribution in [0.5, 0.6) is 0 Å². The van der Waals surface area contributed by atoms with E-state index in [0.29, 0.717) is 17.9 Å². The van der Waals surface area contributed by atoms with Crippen LogP contribution in [0.4, 0.5) is 15.8 Å². The number of benzene rings is 1. The summed E-state index contributed by atoms with van der Waals surface area (Å²) in [7, 11) is 0. The fourth-order valence-corrected chi connectivity index (χ4v) is 1.36. The Morgan fingerprint density at radius 1 is 1.56 bits per heavy atom. The first-order valence-electron chi connectivity index (χ1n) is 5.37. The zero-order valence-electron chi connectivity index (χ0n) is 9.70. The van der Waals surface area contributed by atoms with E-state index in [4.69, 9.17) is 5.73 Å². The number of aromatic nitrogens is 3. The first-order chi connectivity index (χ1) is 8.60. The van der Waals surface area contributed by atoms with Crippen molar-refractivity contribution in [2.24, 2.45) is 0 Å². The minimum atomic E-state index is -0.529. The van der Waals surface area contributed by atoms with E-state index in [0.717, 1.165) is 0 Å². The summed E-state index contributed by atoms with van der Waals surface area (Å²) < 4.78 is 12.9. The van der Waals surface area contributed by atoms with E-state index in [1.807, 2.05) is 6.92 Å². The molecule has 0 fully saturated rings. The van der Waals surface area contributed by atoms with Crippen LogP contribution in [-0.4, -0.2) is 21.1 Å². The van der Waals surface area contributed by atoms with Crippen LogP contribution in [0.2, 0.25) is 0 Å². The molecule has 0 saturated carbocycles. The molecule has 0 aliphatic carbocycles. The molecule has 0 radical (unpaired) electrons. The number of rotatable bonds is 3. The smallest absolute Gasteiger partial charge is 0.295 e. The predicted octanol–water partition coefficient (Wildman–Crippen LogP) is 1.34. The molecule has 1 heterocycles. The summed E-state index contributed by atoms with van der Waals surface area (Å²) in [5, 5.41) is 8.94. The summed E-state index contributed by atoms with van der Waals surface area (Å²) in [5.74, 6) is -0.343. The first-order valence-corrected chi connectivity index (χ1v) is 5.37. The van der Waals surface area contributed by atoms with Crippen LogP contribution in [0.1, 0.15) is 23.4 Å². The average molecular weight is 249 g/mol. The van der Waals surface area contributed by atoms with Crippen molar-refractivity contribution < 1.29 is 9.18 Å². The minimum absolute atomic E-state index is 0.0305. The van der Waals surface area contributed by atoms with Crippen LogP contribution < -0.4 is 11.1 Å². The third kappa shape index (κ3) is 2.45. The van der Waals surface area contributed by atoms with Gasteiger partial charge in [0, 0.05) is 12.1 Å². The monoisotopic (exact) mass is 249 g/mol. The summed E-state index contributed by atoms with van der Waals surface area (Å²) in [6.45, 7) is 1.89. The van der Waals surface area contributed by atoms with Crippen molar-refractivity contribution in [2.75, 3.05) is 11.1 Å². The van der Waals surface area contributed by atoms with Crippen molar-refractivity contribution in [3.8, 4) is 0 Å². The van der Waals surface area contributed by atoms with Crippen LogP contribution in [-0.2, 0) is 6.42 Å². The Hall–Kier alpha value is -2.44. The van der Waals surface area contributed by atoms with E-state index in [-0.39, 0.29) is 11.5 Å². The molecule has 1 aromatic carbocycles. The largest absolute Gasteiger partial charge is 0.396 e. The highest BCUT2D eigenvalue weighted by Crippen LogP contribution is 2.16. The van der Waals surface area contributed by atoms with Gasteiger partial charge in [-0.1, -0.05) is 6.92 Å². The molecular formula is C11H12FN5O. The second kappa shape index (κ2) is 4.82. The second-order valence-electron chi connectivity index (χ2n) is 3.65. The summed E-state index contributed by atoms with van der Waals surface area (Å²) in [4.78, 5) is 15.7. The van der Waals surface area contributed by atoms with Gasteiger partial charge in [0.1, 0.15) is 11.6 Å². The van der Waals surface area contributed by atoms with Crippen LogP contribution in [0.25, 0.3) is 0 Å². The molecule has 0 spiro atoms. The normalized spacial score (nSPS) is 10.3. The first kappa shape index (κ1) is 12.0. The number of hydrogen-bond donors (Lipinski definition) is 3. The molecule has 0 unspecified atom stereocenters. The van der Waals surface area contributed by atoms with Gasteiger partial charge in [-0.3, -0.25) is 9.89 Å². The molecule has 2 rings (SSSR count). The van der Waals surface area contributed by atoms with Crippen LogP contribution in [0.3, 0.4) is 0 Å². The van der Waals surface area contributed by atoms with E-state index in [1.54, 1.807) is 0 Å². The predicted molar refractivity (Wildman–Crippen MR) is 64.5 cm³/mol. The van der Waals surface area contributed by atoms with Crippen molar-refractivity contribution >= 4 is 17.3 Å². The second-order valence-corrected chi connectivity index (χ2v) is 3.65. The number of carbonyl (C=O) groups excluding carboxylic acids is 1. The lowest BCUT2D eigenvalue weighted by Gasteiger charge is -2.03. The standard InChI is InChI=1S/C11H12FN5O/c1-2-9-15-10(17-16-9)11(18)14-6-3-4-7(12)8(13)5-6/h3-5H,2,13H2,1H3,(H,14,18)(H,15,16,17). The molecular weight excluding hydrogens is 237 g/mol. The summed E-state index contributed by atoms with van der Waals surface area (Å²) in [5.41, 5.74) is 5.76. The van der Waals surface area contributed by atoms with E-state index in [2.05, 4.69) is 20.5 Å². The number of nitrogens with zero attached hydrogens (tertiary/aromatic N) is 2. The number of hydrogen-bond acceptors (Lipinski definition) is 4. The highest BCUT2D eigenvalue weighted by molar-refractivity contribution is 6.01. The quantitative estimate of drug-likeness (QED) is 0.715. The maximum Gasteiger partial charge on any atom is 0.295 e. The molecule has 7 heteroatoms. The molecule has 94 valence electrons. The van der Waals surface area contributed by atoms with Crippen molar-refractivity contribution in [1.82, 2.24) is 15.2 Å². The number of H-pyrrole nitrogens is 1. The third-order valence-electron chi connectivity index (χ3n) is 2.32. The van der Waals surface area contributed by atoms with Crippen molar-refractivity contribution in [2.45, 2.75) is 13.3 Å². The molecule has 6 nitrogen and oxygen atoms in total. The molecule has 0 bridgehead atoms. The Kier molecular flexibility index (Phi) is 3.22. The topological polar surface area (TPSA) is 96.7 Å². The molecule has 2 aromatic rings. The van der Waals surface area contributed by atoms with Gasteiger partial charge in [-0.05, 0) is 18.2 Å². The van der Waals surface area contributed by atoms with Gasteiger partial charge < -0.3 is 11.1 Å². The number of aryl methyl sites for hydroxylation is 1. The maximum absolute atomic E-state index is 12.9. The van der Waals surface area contributed by atoms with E-state index < -0.39 is 11.7 Å². The minimum Gasteiger partial charge on any atom is -0.396 e. The molecule has 4 N–H and O–H groups in total. The Bertz CT molecular complexity index is 581. The number of aromatic amines is 1. The maximum atomic E-state index is 12.9. The zero-order valence-corrected chi connectivity index (χ0v) is 9.70. The van der Waals surface area contributed by atoms with Gasteiger partial charge in [-0.25, -0.2) is 9.37 Å². The molecule has 0 aliphatic rings. The number of nitrogens with one attached hydrogen (secondary N) is 2. The van der Waals surface area contributed by atoms with E-state index in [1.165, 1.54) is 18.2 Å². The summed E-state index contributed by atoms with van der Waals surface area (Å²) in [6.07, 6.45) is 0.657. The van der Waals surface area contributed by atoms with Crippen molar-refractivity contribution in [3.05, 3.63) is 35.7 Å².